The number of nitrogens with zero attached hydrogens (tertiary/aromatic N) is 3. The van der Waals surface area contributed by atoms with Gasteiger partial charge in [0.15, 0.2) is 0 Å². The number of hydrogen-bond acceptors (Lipinski definition) is 8. The van der Waals surface area contributed by atoms with Crippen molar-refractivity contribution in [1.82, 2.24) is 14.2 Å². The highest BCUT2D eigenvalue weighted by Gasteiger charge is 2.21. The first kappa shape index (κ1) is 51.2. The lowest BCUT2D eigenvalue weighted by Crippen LogP contribution is -2.13. The van der Waals surface area contributed by atoms with Crippen molar-refractivity contribution in [2.75, 3.05) is 0 Å². The molecule has 436 valence electrons. The number of fused-ring (bicyclic) bond motifs is 21. The van der Waals surface area contributed by atoms with Gasteiger partial charge in [-0.3, -0.25) is 0 Å². The number of rotatable bonds is 7. The summed E-state index contributed by atoms with van der Waals surface area (Å²) < 4.78 is 41.5. The summed E-state index contributed by atoms with van der Waals surface area (Å²) in [5.41, 5.74) is 21.5. The Kier molecular flexibility index (Phi) is 10.7. The first-order chi connectivity index (χ1) is 45.8. The average Bonchev–Trinajstić information content (AvgIpc) is 1.68. The molecule has 20 rings (SSSR count). The lowest BCUT2D eigenvalue weighted by molar-refractivity contribution is 0.152. The quantitative estimate of drug-likeness (QED) is 0.0882. The number of pyridine rings is 1. The molecule has 20 aromatic rings. The Morgan fingerprint density at radius 2 is 0.688 bits per heavy atom. The van der Waals surface area contributed by atoms with E-state index in [1.54, 1.807) is 24.4 Å². The Hall–Kier alpha value is -12.7. The molecule has 0 fully saturated rings. The maximum atomic E-state index is 13.3. The second kappa shape index (κ2) is 19.4. The Morgan fingerprint density at radius 3 is 1.26 bits per heavy atom. The number of hydrogen-bond donors (Lipinski definition) is 0. The summed E-state index contributed by atoms with van der Waals surface area (Å²) in [6.07, 6.45) is 0.929. The SMILES string of the molecule is Cc1ccc2oc3ccc(-c4ccc5oc6cc(-c7ccc8c(c7)c7cc(-c9ccc%10oc%11ccc(-c%12ccc%13oc%14cc(OC(=O)Oc%15ccc%16c(c%15)c%15ccccc%15c%15ccnn%15%16)ccc%14c%13c%12)cc%11c%10c9)ccc7n8-c7ccccc7)ccc6c5c4)cc3c2c1. The van der Waals surface area contributed by atoms with Gasteiger partial charge in [0.1, 0.15) is 56.2 Å². The molecule has 0 unspecified atom stereocenters. The standard InChI is InChI=1S/C83H47N3O7/c1-46-11-27-75-65(35-46)68-40-52(18-30-78(68)90-75)49-15-28-76-66(38-49)60-22-12-54(43-81(60)92-76)48-14-25-72-63(37-48)62-36-47(13-24-71(62)85(72)55-7-3-2-4-8-55)51-17-31-79-69(41-51)70-42-53(19-32-80(70)91-79)50-16-29-77-67(39-50)61-23-20-57(45-82(61)93-77)89-83(87)88-56-21-26-73-64(44-56)58-9-5-6-10-59(58)74-33-34-84-86(73)74/h2-45H,1H3. The molecule has 0 radical (unpaired) electrons. The number of para-hydroxylation sites is 1. The van der Waals surface area contributed by atoms with Crippen LogP contribution in [0.4, 0.5) is 4.79 Å². The summed E-state index contributed by atoms with van der Waals surface area (Å²) in [6.45, 7) is 2.12. The van der Waals surface area contributed by atoms with Gasteiger partial charge >= 0.3 is 6.16 Å². The van der Waals surface area contributed by atoms with Gasteiger partial charge in [0.25, 0.3) is 0 Å². The zero-order valence-corrected chi connectivity index (χ0v) is 49.6. The molecular formula is C83H47N3O7. The third kappa shape index (κ3) is 8.01. The highest BCUT2D eigenvalue weighted by molar-refractivity contribution is 6.16. The van der Waals surface area contributed by atoms with Crippen LogP contribution in [0.3, 0.4) is 0 Å². The van der Waals surface area contributed by atoms with E-state index in [0.29, 0.717) is 22.7 Å². The Labute approximate surface area is 527 Å². The highest BCUT2D eigenvalue weighted by atomic mass is 16.7. The van der Waals surface area contributed by atoms with Gasteiger partial charge in [-0.05, 0) is 215 Å². The van der Waals surface area contributed by atoms with E-state index in [-0.39, 0.29) is 0 Å². The van der Waals surface area contributed by atoms with Crippen molar-refractivity contribution in [3.05, 3.63) is 273 Å². The molecule has 10 heteroatoms. The fraction of sp³-hybridized carbons (Fsp3) is 0.0120. The molecule has 0 atom stereocenters. The Balaban J connectivity index is 0.607. The van der Waals surface area contributed by atoms with Crippen LogP contribution in [0, 0.1) is 6.92 Å². The van der Waals surface area contributed by atoms with E-state index in [9.17, 15) is 4.79 Å². The van der Waals surface area contributed by atoms with Crippen LogP contribution >= 0.6 is 0 Å². The minimum atomic E-state index is -0.857. The predicted octanol–water partition coefficient (Wildman–Crippen LogP) is 22.9. The van der Waals surface area contributed by atoms with Crippen LogP contribution in [0.15, 0.2) is 285 Å². The van der Waals surface area contributed by atoms with Gasteiger partial charge in [-0.25, -0.2) is 9.31 Å². The van der Waals surface area contributed by atoms with Gasteiger partial charge in [0, 0.05) is 76.4 Å². The summed E-state index contributed by atoms with van der Waals surface area (Å²) in [5.74, 6) is 0.659. The van der Waals surface area contributed by atoms with Crippen molar-refractivity contribution in [2.24, 2.45) is 0 Å². The van der Waals surface area contributed by atoms with Crippen LogP contribution in [-0.4, -0.2) is 20.3 Å². The minimum absolute atomic E-state index is 0.301. The Morgan fingerprint density at radius 1 is 0.301 bits per heavy atom. The van der Waals surface area contributed by atoms with Crippen molar-refractivity contribution in [3.63, 3.8) is 0 Å². The molecule has 0 spiro atoms. The van der Waals surface area contributed by atoms with Crippen LogP contribution in [0.5, 0.6) is 11.5 Å². The van der Waals surface area contributed by atoms with E-state index in [2.05, 4.69) is 217 Å². The molecule has 0 amide bonds. The number of carbonyl (C=O) groups excluding carboxylic acids is 1. The second-order valence-electron chi connectivity index (χ2n) is 24.3. The number of aromatic nitrogens is 3. The summed E-state index contributed by atoms with van der Waals surface area (Å²) in [5, 5.41) is 18.1. The molecule has 93 heavy (non-hydrogen) atoms. The molecule has 0 aliphatic rings. The van der Waals surface area contributed by atoms with Crippen LogP contribution in [0.25, 0.3) is 187 Å². The molecule has 7 aromatic heterocycles. The monoisotopic (exact) mass is 1200 g/mol. The van der Waals surface area contributed by atoms with E-state index in [1.165, 1.54) is 5.56 Å². The van der Waals surface area contributed by atoms with Gasteiger partial charge in [0.2, 0.25) is 0 Å². The van der Waals surface area contributed by atoms with Crippen molar-refractivity contribution < 1.29 is 31.9 Å². The molecule has 13 aromatic carbocycles. The predicted molar refractivity (Wildman–Crippen MR) is 373 cm³/mol. The first-order valence-electron chi connectivity index (χ1n) is 31.0. The van der Waals surface area contributed by atoms with Crippen molar-refractivity contribution in [1.29, 1.82) is 0 Å². The third-order valence-corrected chi connectivity index (χ3v) is 18.9. The van der Waals surface area contributed by atoms with Crippen molar-refractivity contribution in [2.45, 2.75) is 6.92 Å². The molecule has 0 aliphatic heterocycles. The summed E-state index contributed by atoms with van der Waals surface area (Å²) in [4.78, 5) is 13.3. The van der Waals surface area contributed by atoms with E-state index in [1.807, 2.05) is 47.0 Å². The maximum absolute atomic E-state index is 13.3. The molecule has 0 saturated heterocycles. The van der Waals surface area contributed by atoms with Gasteiger partial charge in [-0.1, -0.05) is 103 Å². The maximum Gasteiger partial charge on any atom is 0.519 e. The lowest BCUT2D eigenvalue weighted by atomic mass is 9.97. The number of carbonyl (C=O) groups is 1. The molecule has 0 bridgehead atoms. The van der Waals surface area contributed by atoms with E-state index in [4.69, 9.17) is 27.1 Å². The minimum Gasteiger partial charge on any atom is -0.456 e. The largest absolute Gasteiger partial charge is 0.519 e. The van der Waals surface area contributed by atoms with Crippen LogP contribution in [0.1, 0.15) is 5.56 Å². The number of ether oxygens (including phenoxy) is 2. The van der Waals surface area contributed by atoms with E-state index in [0.717, 1.165) is 176 Å². The number of benzene rings is 13. The van der Waals surface area contributed by atoms with E-state index < -0.39 is 6.16 Å². The molecule has 0 aliphatic carbocycles. The zero-order chi connectivity index (χ0) is 61.2. The van der Waals surface area contributed by atoms with Crippen LogP contribution < -0.4 is 9.47 Å². The topological polar surface area (TPSA) is 110 Å². The van der Waals surface area contributed by atoms with Gasteiger partial charge in [-0.15, -0.1) is 0 Å². The fourth-order valence-electron chi connectivity index (χ4n) is 14.4. The van der Waals surface area contributed by atoms with Crippen LogP contribution in [-0.2, 0) is 0 Å². The summed E-state index contributed by atoms with van der Waals surface area (Å²) in [6, 6.07) is 90.2. The highest BCUT2D eigenvalue weighted by Crippen LogP contribution is 2.44. The summed E-state index contributed by atoms with van der Waals surface area (Å²) >= 11 is 0. The Bertz CT molecular complexity index is 6610. The van der Waals surface area contributed by atoms with Crippen molar-refractivity contribution in [3.8, 4) is 61.7 Å². The lowest BCUT2D eigenvalue weighted by Gasteiger charge is -2.10. The first-order valence-corrected chi connectivity index (χ1v) is 31.0. The average molecular weight is 1200 g/mol. The van der Waals surface area contributed by atoms with Gasteiger partial charge in [-0.2, -0.15) is 5.10 Å². The normalized spacial score (nSPS) is 12.2. The van der Waals surface area contributed by atoms with Gasteiger partial charge in [0.05, 0.1) is 28.3 Å². The van der Waals surface area contributed by atoms with Gasteiger partial charge < -0.3 is 31.7 Å². The van der Waals surface area contributed by atoms with E-state index >= 15 is 0 Å². The number of furan rings is 4. The second-order valence-corrected chi connectivity index (χ2v) is 24.3. The summed E-state index contributed by atoms with van der Waals surface area (Å²) in [7, 11) is 0. The van der Waals surface area contributed by atoms with Crippen LogP contribution in [0.2, 0.25) is 0 Å². The molecule has 7 heterocycles. The molecule has 10 nitrogen and oxygen atoms in total. The molecule has 0 N–H and O–H groups in total. The zero-order valence-electron chi connectivity index (χ0n) is 49.6. The fourth-order valence-corrected chi connectivity index (χ4v) is 14.4. The molecule has 0 saturated carbocycles. The number of aryl methyl sites for hydroxylation is 1. The third-order valence-electron chi connectivity index (χ3n) is 18.9. The van der Waals surface area contributed by atoms with Crippen molar-refractivity contribution >= 4 is 143 Å². The molecular weight excluding hydrogens is 1150 g/mol. The smallest absolute Gasteiger partial charge is 0.456 e.